The molecule has 39 heavy (non-hydrogen) atoms. The maximum atomic E-state index is 13.5. The number of aromatic nitrogens is 1. The third-order valence-electron chi connectivity index (χ3n) is 7.40. The number of carbonyl (C=O) groups is 2. The van der Waals surface area contributed by atoms with Crippen molar-refractivity contribution >= 4 is 34.6 Å². The summed E-state index contributed by atoms with van der Waals surface area (Å²) < 4.78 is 11.1. The fourth-order valence-electron chi connectivity index (χ4n) is 5.32. The van der Waals surface area contributed by atoms with Crippen LogP contribution in [0.5, 0.6) is 0 Å². The fraction of sp³-hybridized carbons (Fsp3) is 0.344. The van der Waals surface area contributed by atoms with E-state index in [1.165, 1.54) is 0 Å². The highest BCUT2D eigenvalue weighted by molar-refractivity contribution is 5.89. The van der Waals surface area contributed by atoms with Gasteiger partial charge in [-0.3, -0.25) is 9.59 Å². The van der Waals surface area contributed by atoms with E-state index in [9.17, 15) is 9.59 Å². The van der Waals surface area contributed by atoms with Crippen molar-refractivity contribution in [3.8, 4) is 0 Å². The molecule has 2 unspecified atom stereocenters. The van der Waals surface area contributed by atoms with Crippen molar-refractivity contribution in [2.75, 3.05) is 18.5 Å². The van der Waals surface area contributed by atoms with Crippen molar-refractivity contribution in [3.05, 3.63) is 88.0 Å². The maximum Gasteiger partial charge on any atom is 0.306 e. The number of hydrogen-bond donors (Lipinski definition) is 2. The summed E-state index contributed by atoms with van der Waals surface area (Å²) >= 11 is 0. The lowest BCUT2D eigenvalue weighted by Crippen LogP contribution is -2.36. The highest BCUT2D eigenvalue weighted by atomic mass is 16.5. The fourth-order valence-corrected chi connectivity index (χ4v) is 5.32. The van der Waals surface area contributed by atoms with Gasteiger partial charge in [0.2, 0.25) is 0 Å². The van der Waals surface area contributed by atoms with Crippen LogP contribution in [0.4, 0.5) is 11.7 Å². The summed E-state index contributed by atoms with van der Waals surface area (Å²) in [5.41, 5.74) is 8.62. The van der Waals surface area contributed by atoms with Crippen LogP contribution >= 0.6 is 0 Å². The van der Waals surface area contributed by atoms with Crippen LogP contribution in [0.2, 0.25) is 0 Å². The van der Waals surface area contributed by atoms with Gasteiger partial charge in [0.25, 0.3) is 6.01 Å². The van der Waals surface area contributed by atoms with E-state index in [1.54, 1.807) is 0 Å². The Labute approximate surface area is 229 Å². The third-order valence-corrected chi connectivity index (χ3v) is 7.40. The van der Waals surface area contributed by atoms with Gasteiger partial charge in [0.15, 0.2) is 11.4 Å². The zero-order valence-corrected chi connectivity index (χ0v) is 23.0. The molecular formula is C32H35N3O4. The number of aryl methyl sites for hydroxylation is 2. The number of carbonyl (C=O) groups excluding carboxylic acids is 2. The minimum Gasteiger partial charge on any atom is -0.466 e. The van der Waals surface area contributed by atoms with E-state index in [2.05, 4.69) is 21.7 Å². The van der Waals surface area contributed by atoms with E-state index < -0.39 is 0 Å². The van der Waals surface area contributed by atoms with E-state index >= 15 is 0 Å². The van der Waals surface area contributed by atoms with Crippen LogP contribution in [0.1, 0.15) is 65.6 Å². The third kappa shape index (κ3) is 5.88. The zero-order chi connectivity index (χ0) is 27.5. The highest BCUT2D eigenvalue weighted by Crippen LogP contribution is 2.31. The van der Waals surface area contributed by atoms with Crippen molar-refractivity contribution in [2.24, 2.45) is 0 Å². The monoisotopic (exact) mass is 525 g/mol. The second-order valence-corrected chi connectivity index (χ2v) is 10.4. The van der Waals surface area contributed by atoms with Gasteiger partial charge in [-0.2, -0.15) is 4.98 Å². The maximum absolute atomic E-state index is 13.5. The topological polar surface area (TPSA) is 93.5 Å². The molecule has 0 fully saturated rings. The molecule has 7 heteroatoms. The molecule has 0 saturated carbocycles. The molecule has 0 radical (unpaired) electrons. The number of nitrogens with one attached hydrogen (secondary N) is 2. The van der Waals surface area contributed by atoms with Gasteiger partial charge < -0.3 is 19.8 Å². The van der Waals surface area contributed by atoms with Crippen molar-refractivity contribution in [1.82, 2.24) is 10.3 Å². The Balaban J connectivity index is 1.32. The van der Waals surface area contributed by atoms with Crippen molar-refractivity contribution < 1.29 is 18.7 Å². The average Bonchev–Trinajstić information content (AvgIpc) is 3.32. The Kier molecular flexibility index (Phi) is 7.79. The van der Waals surface area contributed by atoms with E-state index in [-0.39, 0.29) is 30.1 Å². The summed E-state index contributed by atoms with van der Waals surface area (Å²) in [6, 6.07) is 18.2. The van der Waals surface area contributed by atoms with E-state index in [0.717, 1.165) is 57.6 Å². The first-order valence-electron chi connectivity index (χ1n) is 13.6. The Morgan fingerprint density at radius 2 is 1.95 bits per heavy atom. The van der Waals surface area contributed by atoms with Crippen molar-refractivity contribution in [3.63, 3.8) is 0 Å². The number of hydrogen-bond acceptors (Lipinski definition) is 7. The molecule has 3 aromatic carbocycles. The second-order valence-electron chi connectivity index (χ2n) is 10.4. The van der Waals surface area contributed by atoms with Crippen LogP contribution in [0, 0.1) is 13.8 Å². The van der Waals surface area contributed by atoms with Gasteiger partial charge in [-0.05, 0) is 78.6 Å². The number of ether oxygens (including phenoxy) is 1. The highest BCUT2D eigenvalue weighted by Gasteiger charge is 2.27. The number of benzene rings is 3. The van der Waals surface area contributed by atoms with Crippen LogP contribution in [-0.4, -0.2) is 29.9 Å². The van der Waals surface area contributed by atoms with Gasteiger partial charge in [-0.25, -0.2) is 0 Å². The normalized spacial score (nSPS) is 15.5. The lowest BCUT2D eigenvalue weighted by atomic mass is 9.86. The van der Waals surface area contributed by atoms with Gasteiger partial charge >= 0.3 is 5.97 Å². The van der Waals surface area contributed by atoms with E-state index in [0.29, 0.717) is 24.6 Å². The lowest BCUT2D eigenvalue weighted by molar-refractivity contribution is -0.143. The number of para-hydroxylation sites is 1. The first-order valence-corrected chi connectivity index (χ1v) is 13.6. The summed E-state index contributed by atoms with van der Waals surface area (Å²) in [4.78, 5) is 30.1. The lowest BCUT2D eigenvalue weighted by Gasteiger charge is -2.27. The number of Topliss-reactive ketones (excluding diaryl/α,β-unsaturated/α-hetero) is 1. The van der Waals surface area contributed by atoms with E-state index in [1.807, 2.05) is 76.2 Å². The minimum absolute atomic E-state index is 0.0557. The predicted molar refractivity (Wildman–Crippen MR) is 152 cm³/mol. The Morgan fingerprint density at radius 3 is 2.74 bits per heavy atom. The summed E-state index contributed by atoms with van der Waals surface area (Å²) in [5.74, 6) is -0.0190. The number of fused-ring (bicyclic) bond motifs is 2. The first-order chi connectivity index (χ1) is 18.8. The zero-order valence-electron chi connectivity index (χ0n) is 23.0. The molecule has 7 nitrogen and oxygen atoms in total. The Hall–Kier alpha value is -3.97. The second kappa shape index (κ2) is 11.4. The van der Waals surface area contributed by atoms with Crippen molar-refractivity contribution in [1.29, 1.82) is 0 Å². The molecule has 0 bridgehead atoms. The smallest absolute Gasteiger partial charge is 0.306 e. The van der Waals surface area contributed by atoms with Crippen LogP contribution in [0.25, 0.3) is 11.1 Å². The number of esters is 1. The van der Waals surface area contributed by atoms with Gasteiger partial charge in [-0.15, -0.1) is 0 Å². The van der Waals surface area contributed by atoms with Crippen LogP contribution in [0.3, 0.4) is 0 Å². The molecule has 2 atom stereocenters. The van der Waals surface area contributed by atoms with Crippen LogP contribution < -0.4 is 10.6 Å². The van der Waals surface area contributed by atoms with Gasteiger partial charge in [0.1, 0.15) is 5.52 Å². The number of nitrogens with zero attached hydrogens (tertiary/aromatic N) is 1. The molecular weight excluding hydrogens is 490 g/mol. The number of ketones is 1. The van der Waals surface area contributed by atoms with E-state index in [4.69, 9.17) is 9.15 Å². The molecule has 1 aliphatic heterocycles. The standard InChI is InChI=1S/C32H35N3O4/c1-5-38-29(37)15-20(3)23-10-11-25-24(18-23)12-13-33-31(25)27(36)16-22-14-21(4)30-28(17-22)39-32(35-30)34-26-9-7-6-8-19(26)2/h6-11,14,17-18,20,31,33H,5,12-13,15-16H2,1-4H3,(H,34,35). The molecule has 4 aromatic rings. The predicted octanol–water partition coefficient (Wildman–Crippen LogP) is 6.24. The summed E-state index contributed by atoms with van der Waals surface area (Å²) in [6.07, 6.45) is 1.48. The molecule has 5 rings (SSSR count). The van der Waals surface area contributed by atoms with Gasteiger partial charge in [0, 0.05) is 18.7 Å². The van der Waals surface area contributed by atoms with Crippen LogP contribution in [-0.2, 0) is 27.2 Å². The summed E-state index contributed by atoms with van der Waals surface area (Å²) in [7, 11) is 0. The summed E-state index contributed by atoms with van der Waals surface area (Å²) in [6.45, 7) is 8.99. The molecule has 1 aliphatic rings. The minimum atomic E-state index is -0.368. The van der Waals surface area contributed by atoms with Gasteiger partial charge in [-0.1, -0.05) is 49.4 Å². The number of anilines is 2. The van der Waals surface area contributed by atoms with Crippen molar-refractivity contribution in [2.45, 2.75) is 58.9 Å². The molecule has 1 aromatic heterocycles. The van der Waals surface area contributed by atoms with Crippen LogP contribution in [0.15, 0.2) is 59.0 Å². The Bertz CT molecular complexity index is 1520. The largest absolute Gasteiger partial charge is 0.466 e. The SMILES string of the molecule is CCOC(=O)CC(C)c1ccc2c(c1)CCNC2C(=O)Cc1cc(C)c2nc(Nc3ccccc3C)oc2c1. The van der Waals surface area contributed by atoms with Gasteiger partial charge in [0.05, 0.1) is 19.1 Å². The first kappa shape index (κ1) is 26.6. The molecule has 0 aliphatic carbocycles. The molecule has 0 amide bonds. The number of oxazole rings is 1. The quantitative estimate of drug-likeness (QED) is 0.250. The average molecular weight is 526 g/mol. The number of rotatable bonds is 9. The molecule has 0 spiro atoms. The molecule has 0 saturated heterocycles. The Morgan fingerprint density at radius 1 is 1.13 bits per heavy atom. The molecule has 2 N–H and O–H groups in total. The summed E-state index contributed by atoms with van der Waals surface area (Å²) in [5, 5.41) is 6.67. The molecule has 202 valence electrons. The molecule has 2 heterocycles.